The highest BCUT2D eigenvalue weighted by molar-refractivity contribution is 6.08. The van der Waals surface area contributed by atoms with Gasteiger partial charge in [-0.15, -0.1) is 0 Å². The van der Waals surface area contributed by atoms with E-state index in [0.29, 0.717) is 0 Å². The van der Waals surface area contributed by atoms with Crippen molar-refractivity contribution in [3.8, 4) is 11.3 Å². The van der Waals surface area contributed by atoms with Crippen molar-refractivity contribution in [3.05, 3.63) is 42.1 Å². The minimum atomic E-state index is -0.0319. The van der Waals surface area contributed by atoms with Gasteiger partial charge in [-0.05, 0) is 12.1 Å². The molecule has 3 nitrogen and oxygen atoms in total. The number of carbonyl (C=O) groups excluding carboxylic acids is 1. The zero-order chi connectivity index (χ0) is 8.84. The topological polar surface area (TPSA) is 34.9 Å². The molecule has 1 aromatic carbocycles. The van der Waals surface area contributed by atoms with Crippen LogP contribution in [0.3, 0.4) is 0 Å². The summed E-state index contributed by atoms with van der Waals surface area (Å²) in [7, 11) is 0. The number of fused-ring (bicyclic) bond motifs is 3. The molecule has 0 radical (unpaired) electrons. The number of hydrogen-bond donors (Lipinski definition) is 0. The van der Waals surface area contributed by atoms with E-state index in [1.54, 1.807) is 6.20 Å². The largest absolute Gasteiger partial charge is 0.279 e. The number of rotatable bonds is 0. The fourth-order valence-electron chi connectivity index (χ4n) is 1.68. The lowest BCUT2D eigenvalue weighted by Gasteiger charge is -1.92. The molecule has 13 heavy (non-hydrogen) atoms. The van der Waals surface area contributed by atoms with Crippen LogP contribution in [0.25, 0.3) is 11.3 Å². The Balaban J connectivity index is 2.43. The van der Waals surface area contributed by atoms with Crippen LogP contribution < -0.4 is 0 Å². The molecule has 0 unspecified atom stereocenters. The number of hydrogen-bond acceptors (Lipinski definition) is 2. The van der Waals surface area contributed by atoms with E-state index in [4.69, 9.17) is 0 Å². The molecule has 0 saturated heterocycles. The maximum atomic E-state index is 11.6. The van der Waals surface area contributed by atoms with Crippen molar-refractivity contribution >= 4 is 5.91 Å². The molecule has 0 amide bonds. The second-order valence-electron chi connectivity index (χ2n) is 2.98. The maximum Gasteiger partial charge on any atom is 0.279 e. The minimum absolute atomic E-state index is 0.0319. The highest BCUT2D eigenvalue weighted by Crippen LogP contribution is 2.30. The average molecular weight is 170 g/mol. The third kappa shape index (κ3) is 0.685. The summed E-state index contributed by atoms with van der Waals surface area (Å²) < 4.78 is 1.44. The Hall–Kier alpha value is -1.90. The van der Waals surface area contributed by atoms with Crippen molar-refractivity contribution in [2.75, 3.05) is 0 Å². The quantitative estimate of drug-likeness (QED) is 0.513. The first-order valence-electron chi connectivity index (χ1n) is 4.06. The molecule has 0 aliphatic carbocycles. The van der Waals surface area contributed by atoms with Crippen molar-refractivity contribution < 1.29 is 4.79 Å². The molecular formula is C10H6N2O. The van der Waals surface area contributed by atoms with Gasteiger partial charge in [0, 0.05) is 5.56 Å². The van der Waals surface area contributed by atoms with Crippen molar-refractivity contribution in [1.82, 2.24) is 9.78 Å². The van der Waals surface area contributed by atoms with Crippen molar-refractivity contribution in [3.63, 3.8) is 0 Å². The lowest BCUT2D eigenvalue weighted by atomic mass is 10.1. The molecule has 62 valence electrons. The van der Waals surface area contributed by atoms with E-state index >= 15 is 0 Å². The SMILES string of the molecule is O=C1c2ccccc2-c2ccnn21. The molecule has 0 saturated carbocycles. The second-order valence-corrected chi connectivity index (χ2v) is 2.98. The Labute approximate surface area is 74.6 Å². The first-order chi connectivity index (χ1) is 6.38. The third-order valence-corrected chi connectivity index (χ3v) is 2.27. The highest BCUT2D eigenvalue weighted by atomic mass is 16.2. The molecule has 0 bridgehead atoms. The van der Waals surface area contributed by atoms with Crippen LogP contribution in [0, 0.1) is 0 Å². The predicted octanol–water partition coefficient (Wildman–Crippen LogP) is 1.55. The summed E-state index contributed by atoms with van der Waals surface area (Å²) in [6.45, 7) is 0. The Morgan fingerprint density at radius 3 is 2.69 bits per heavy atom. The van der Waals surface area contributed by atoms with E-state index in [1.807, 2.05) is 30.3 Å². The normalized spacial score (nSPS) is 12.8. The van der Waals surface area contributed by atoms with Gasteiger partial charge in [-0.3, -0.25) is 4.79 Å². The summed E-state index contributed by atoms with van der Waals surface area (Å²) in [5.74, 6) is -0.0319. The van der Waals surface area contributed by atoms with Gasteiger partial charge in [0.25, 0.3) is 5.91 Å². The van der Waals surface area contributed by atoms with Gasteiger partial charge in [0.15, 0.2) is 0 Å². The predicted molar refractivity (Wildman–Crippen MR) is 47.4 cm³/mol. The molecular weight excluding hydrogens is 164 g/mol. The van der Waals surface area contributed by atoms with Crippen LogP contribution in [0.1, 0.15) is 10.4 Å². The van der Waals surface area contributed by atoms with E-state index in [-0.39, 0.29) is 5.91 Å². The number of nitrogens with zero attached hydrogens (tertiary/aromatic N) is 2. The van der Waals surface area contributed by atoms with Crippen LogP contribution >= 0.6 is 0 Å². The monoisotopic (exact) mass is 170 g/mol. The molecule has 0 atom stereocenters. The van der Waals surface area contributed by atoms with Gasteiger partial charge in [0.2, 0.25) is 0 Å². The lowest BCUT2D eigenvalue weighted by Crippen LogP contribution is -2.07. The zero-order valence-electron chi connectivity index (χ0n) is 6.77. The third-order valence-electron chi connectivity index (χ3n) is 2.27. The Bertz CT molecular complexity index is 499. The molecule has 1 aliphatic heterocycles. The smallest absolute Gasteiger partial charge is 0.267 e. The van der Waals surface area contributed by atoms with E-state index in [9.17, 15) is 4.79 Å². The van der Waals surface area contributed by atoms with Crippen LogP contribution in [-0.2, 0) is 0 Å². The summed E-state index contributed by atoms with van der Waals surface area (Å²) in [6, 6.07) is 9.40. The van der Waals surface area contributed by atoms with Gasteiger partial charge in [0.1, 0.15) is 0 Å². The second kappa shape index (κ2) is 2.07. The van der Waals surface area contributed by atoms with Crippen molar-refractivity contribution in [1.29, 1.82) is 0 Å². The van der Waals surface area contributed by atoms with Crippen LogP contribution in [0.2, 0.25) is 0 Å². The summed E-state index contributed by atoms with van der Waals surface area (Å²) in [5, 5.41) is 3.96. The Morgan fingerprint density at radius 2 is 1.85 bits per heavy atom. The summed E-state index contributed by atoms with van der Waals surface area (Å²) in [6.07, 6.45) is 1.64. The molecule has 0 N–H and O–H groups in total. The molecule has 0 spiro atoms. The summed E-state index contributed by atoms with van der Waals surface area (Å²) in [5.41, 5.74) is 2.61. The van der Waals surface area contributed by atoms with E-state index in [0.717, 1.165) is 16.8 Å². The van der Waals surface area contributed by atoms with Gasteiger partial charge < -0.3 is 0 Å². The van der Waals surface area contributed by atoms with E-state index in [1.165, 1.54) is 4.68 Å². The van der Waals surface area contributed by atoms with E-state index < -0.39 is 0 Å². The van der Waals surface area contributed by atoms with Crippen LogP contribution in [0.4, 0.5) is 0 Å². The van der Waals surface area contributed by atoms with Crippen molar-refractivity contribution in [2.24, 2.45) is 0 Å². The molecule has 1 aliphatic rings. The average Bonchev–Trinajstić information content (AvgIpc) is 2.72. The van der Waals surface area contributed by atoms with Gasteiger partial charge >= 0.3 is 0 Å². The van der Waals surface area contributed by atoms with Crippen LogP contribution in [0.5, 0.6) is 0 Å². The molecule has 1 aromatic heterocycles. The molecule has 2 aromatic rings. The van der Waals surface area contributed by atoms with Gasteiger partial charge in [-0.1, -0.05) is 18.2 Å². The van der Waals surface area contributed by atoms with Gasteiger partial charge in [-0.2, -0.15) is 9.78 Å². The maximum absolute atomic E-state index is 11.6. The molecule has 2 heterocycles. The molecule has 3 rings (SSSR count). The first kappa shape index (κ1) is 6.60. The molecule has 3 heteroatoms. The van der Waals surface area contributed by atoms with E-state index in [2.05, 4.69) is 5.10 Å². The number of benzene rings is 1. The minimum Gasteiger partial charge on any atom is -0.267 e. The zero-order valence-corrected chi connectivity index (χ0v) is 6.77. The van der Waals surface area contributed by atoms with Gasteiger partial charge in [-0.25, -0.2) is 0 Å². The first-order valence-corrected chi connectivity index (χ1v) is 4.06. The van der Waals surface area contributed by atoms with Crippen molar-refractivity contribution in [2.45, 2.75) is 0 Å². The summed E-state index contributed by atoms with van der Waals surface area (Å²) in [4.78, 5) is 11.6. The molecule has 0 fully saturated rings. The lowest BCUT2D eigenvalue weighted by molar-refractivity contribution is 0.0955. The highest BCUT2D eigenvalue weighted by Gasteiger charge is 2.25. The Morgan fingerprint density at radius 1 is 1.08 bits per heavy atom. The standard InChI is InChI=1S/C10H6N2O/c13-10-8-4-2-1-3-7(8)9-5-6-11-12(9)10/h1-6H. The Kier molecular flexibility index (Phi) is 1.05. The van der Waals surface area contributed by atoms with Crippen LogP contribution in [-0.4, -0.2) is 15.7 Å². The summed E-state index contributed by atoms with van der Waals surface area (Å²) >= 11 is 0. The van der Waals surface area contributed by atoms with Crippen LogP contribution in [0.15, 0.2) is 36.5 Å². The fourth-order valence-corrected chi connectivity index (χ4v) is 1.68. The number of carbonyl (C=O) groups is 1. The van der Waals surface area contributed by atoms with Gasteiger partial charge in [0.05, 0.1) is 17.5 Å². The fraction of sp³-hybridized carbons (Fsp3) is 0. The number of aromatic nitrogens is 2.